The van der Waals surface area contributed by atoms with Crippen molar-refractivity contribution in [2.24, 2.45) is 0 Å². The van der Waals surface area contributed by atoms with Gasteiger partial charge >= 0.3 is 0 Å². The molecule has 0 aliphatic heterocycles. The number of amides is 1. The number of carbonyl (C=O) groups is 1. The van der Waals surface area contributed by atoms with Crippen LogP contribution in [0.15, 0.2) is 30.5 Å². The fourth-order valence-electron chi connectivity index (χ4n) is 1.94. The highest BCUT2D eigenvalue weighted by Crippen LogP contribution is 2.26. The van der Waals surface area contributed by atoms with E-state index in [2.05, 4.69) is 31.1 Å². The Labute approximate surface area is 147 Å². The van der Waals surface area contributed by atoms with Gasteiger partial charge in [-0.1, -0.05) is 32.9 Å². The highest BCUT2D eigenvalue weighted by Gasteiger charge is 2.20. The summed E-state index contributed by atoms with van der Waals surface area (Å²) in [4.78, 5) is 17.2. The van der Waals surface area contributed by atoms with Crippen LogP contribution in [-0.4, -0.2) is 31.2 Å². The van der Waals surface area contributed by atoms with Crippen LogP contribution in [0.3, 0.4) is 0 Å². The van der Waals surface area contributed by atoms with E-state index in [0.717, 1.165) is 16.3 Å². The number of nitrogens with zero attached hydrogens (tertiary/aromatic N) is 1. The van der Waals surface area contributed by atoms with E-state index in [9.17, 15) is 4.79 Å². The lowest BCUT2D eigenvalue weighted by atomic mass is 9.98. The van der Waals surface area contributed by atoms with Gasteiger partial charge in [-0.3, -0.25) is 4.79 Å². The van der Waals surface area contributed by atoms with E-state index in [1.54, 1.807) is 13.3 Å². The molecule has 0 bridgehead atoms. The van der Waals surface area contributed by atoms with Gasteiger partial charge in [-0.05, 0) is 17.7 Å². The Morgan fingerprint density at radius 1 is 1.21 bits per heavy atom. The van der Waals surface area contributed by atoms with Gasteiger partial charge in [-0.25, -0.2) is 4.98 Å². The zero-order valence-corrected chi connectivity index (χ0v) is 15.4. The largest absolute Gasteiger partial charge is 0.491 e. The van der Waals surface area contributed by atoms with Gasteiger partial charge in [0.2, 0.25) is 0 Å². The van der Waals surface area contributed by atoms with Crippen LogP contribution in [0.4, 0.5) is 0 Å². The summed E-state index contributed by atoms with van der Waals surface area (Å²) >= 11 is 1.44. The molecular formula is C18H24N2O3S. The van der Waals surface area contributed by atoms with Crippen molar-refractivity contribution in [3.63, 3.8) is 0 Å². The monoisotopic (exact) mass is 348 g/mol. The average Bonchev–Trinajstić information content (AvgIpc) is 3.04. The molecule has 0 unspecified atom stereocenters. The van der Waals surface area contributed by atoms with Crippen molar-refractivity contribution in [1.82, 2.24) is 10.3 Å². The van der Waals surface area contributed by atoms with Crippen molar-refractivity contribution in [1.29, 1.82) is 0 Å². The van der Waals surface area contributed by atoms with Crippen molar-refractivity contribution in [2.75, 3.05) is 20.3 Å². The van der Waals surface area contributed by atoms with E-state index in [-0.39, 0.29) is 11.3 Å². The second-order valence-corrected chi connectivity index (χ2v) is 7.48. The molecule has 5 nitrogen and oxygen atoms in total. The number of methoxy groups -OCH3 is 1. The summed E-state index contributed by atoms with van der Waals surface area (Å²) in [5.41, 5.74) is 0.977. The van der Waals surface area contributed by atoms with Crippen molar-refractivity contribution in [3.8, 4) is 5.75 Å². The Bertz CT molecular complexity index is 660. The molecule has 24 heavy (non-hydrogen) atoms. The molecule has 130 valence electrons. The van der Waals surface area contributed by atoms with Crippen LogP contribution in [0.25, 0.3) is 0 Å². The quantitative estimate of drug-likeness (QED) is 0.779. The van der Waals surface area contributed by atoms with E-state index in [1.807, 2.05) is 24.3 Å². The predicted octanol–water partition coefficient (Wildman–Crippen LogP) is 3.40. The van der Waals surface area contributed by atoms with Gasteiger partial charge in [0, 0.05) is 19.1 Å². The first kappa shape index (κ1) is 18.4. The van der Waals surface area contributed by atoms with Crippen molar-refractivity contribution >= 4 is 17.2 Å². The number of hydrogen-bond acceptors (Lipinski definition) is 5. The maximum Gasteiger partial charge on any atom is 0.263 e. The van der Waals surface area contributed by atoms with Crippen LogP contribution in [0.5, 0.6) is 5.75 Å². The maximum absolute atomic E-state index is 12.2. The number of ether oxygens (including phenoxy) is 2. The van der Waals surface area contributed by atoms with Gasteiger partial charge < -0.3 is 14.8 Å². The molecule has 2 aromatic rings. The standard InChI is InChI=1S/C18H24N2O3S/c1-18(2,3)17-20-12-15(24-17)16(21)19-11-13-5-7-14(8-6-13)23-10-9-22-4/h5-8,12H,9-11H2,1-4H3,(H,19,21). The predicted molar refractivity (Wildman–Crippen MR) is 95.8 cm³/mol. The number of benzene rings is 1. The van der Waals surface area contributed by atoms with E-state index in [0.29, 0.717) is 24.6 Å². The topological polar surface area (TPSA) is 60.5 Å². The molecule has 1 aromatic carbocycles. The van der Waals surface area contributed by atoms with Crippen molar-refractivity contribution in [3.05, 3.63) is 45.9 Å². The first-order valence-corrected chi connectivity index (χ1v) is 8.67. The average molecular weight is 348 g/mol. The van der Waals surface area contributed by atoms with Crippen LogP contribution < -0.4 is 10.1 Å². The minimum Gasteiger partial charge on any atom is -0.491 e. The Kier molecular flexibility index (Phi) is 6.34. The van der Waals surface area contributed by atoms with Gasteiger partial charge in [-0.15, -0.1) is 11.3 Å². The van der Waals surface area contributed by atoms with E-state index in [1.165, 1.54) is 11.3 Å². The van der Waals surface area contributed by atoms with E-state index in [4.69, 9.17) is 9.47 Å². The molecule has 6 heteroatoms. The molecule has 0 atom stereocenters. The van der Waals surface area contributed by atoms with Crippen molar-refractivity contribution < 1.29 is 14.3 Å². The first-order chi connectivity index (χ1) is 11.4. The molecule has 0 fully saturated rings. The number of rotatable bonds is 7. The molecule has 0 radical (unpaired) electrons. The third-order valence-corrected chi connectivity index (χ3v) is 4.73. The van der Waals surface area contributed by atoms with Crippen molar-refractivity contribution in [2.45, 2.75) is 32.7 Å². The minimum absolute atomic E-state index is 0.0398. The third-order valence-electron chi connectivity index (χ3n) is 3.30. The fourth-order valence-corrected chi connectivity index (χ4v) is 2.83. The lowest BCUT2D eigenvalue weighted by Crippen LogP contribution is -2.21. The van der Waals surface area contributed by atoms with Gasteiger partial charge in [0.25, 0.3) is 5.91 Å². The zero-order chi connectivity index (χ0) is 17.6. The summed E-state index contributed by atoms with van der Waals surface area (Å²) in [6.45, 7) is 7.81. The fraction of sp³-hybridized carbons (Fsp3) is 0.444. The van der Waals surface area contributed by atoms with Gasteiger partial charge in [0.05, 0.1) is 17.8 Å². The van der Waals surface area contributed by atoms with Gasteiger partial charge in [-0.2, -0.15) is 0 Å². The van der Waals surface area contributed by atoms with Crippen LogP contribution in [0.2, 0.25) is 0 Å². The summed E-state index contributed by atoms with van der Waals surface area (Å²) in [6, 6.07) is 7.66. The Morgan fingerprint density at radius 3 is 2.50 bits per heavy atom. The Balaban J connectivity index is 1.86. The minimum atomic E-state index is -0.0941. The molecule has 2 rings (SSSR count). The van der Waals surface area contributed by atoms with E-state index >= 15 is 0 Å². The number of carbonyl (C=O) groups excluding carboxylic acids is 1. The molecule has 0 aliphatic rings. The second kappa shape index (κ2) is 8.26. The molecule has 1 amide bonds. The molecule has 1 aromatic heterocycles. The van der Waals surface area contributed by atoms with E-state index < -0.39 is 0 Å². The highest BCUT2D eigenvalue weighted by atomic mass is 32.1. The molecular weight excluding hydrogens is 324 g/mol. The first-order valence-electron chi connectivity index (χ1n) is 7.85. The van der Waals surface area contributed by atoms with Crippen LogP contribution in [-0.2, 0) is 16.7 Å². The van der Waals surface area contributed by atoms with Gasteiger partial charge in [0.1, 0.15) is 17.2 Å². The smallest absolute Gasteiger partial charge is 0.263 e. The number of aromatic nitrogens is 1. The highest BCUT2D eigenvalue weighted by molar-refractivity contribution is 7.13. The molecule has 0 spiro atoms. The molecule has 1 heterocycles. The summed E-state index contributed by atoms with van der Waals surface area (Å²) in [6.07, 6.45) is 1.65. The molecule has 1 N–H and O–H groups in total. The lowest BCUT2D eigenvalue weighted by molar-refractivity contribution is 0.0954. The Hall–Kier alpha value is -1.92. The summed E-state index contributed by atoms with van der Waals surface area (Å²) in [5.74, 6) is 0.697. The molecule has 0 saturated heterocycles. The third kappa shape index (κ3) is 5.32. The zero-order valence-electron chi connectivity index (χ0n) is 14.6. The van der Waals surface area contributed by atoms with Crippen LogP contribution in [0, 0.1) is 0 Å². The maximum atomic E-state index is 12.2. The summed E-state index contributed by atoms with van der Waals surface area (Å²) < 4.78 is 10.5. The van der Waals surface area contributed by atoms with Crippen LogP contribution >= 0.6 is 11.3 Å². The van der Waals surface area contributed by atoms with Gasteiger partial charge in [0.15, 0.2) is 0 Å². The van der Waals surface area contributed by atoms with Crippen LogP contribution in [0.1, 0.15) is 41.0 Å². The molecule has 0 aliphatic carbocycles. The normalized spacial score (nSPS) is 11.3. The summed E-state index contributed by atoms with van der Waals surface area (Å²) in [7, 11) is 1.64. The Morgan fingerprint density at radius 2 is 1.92 bits per heavy atom. The number of nitrogens with one attached hydrogen (secondary N) is 1. The second-order valence-electron chi connectivity index (χ2n) is 6.45. The lowest BCUT2D eigenvalue weighted by Gasteiger charge is -2.13. The number of hydrogen-bond donors (Lipinski definition) is 1. The molecule has 0 saturated carbocycles. The number of thiazole rings is 1. The SMILES string of the molecule is COCCOc1ccc(CNC(=O)c2cnc(C(C)(C)C)s2)cc1. The summed E-state index contributed by atoms with van der Waals surface area (Å²) in [5, 5.41) is 3.89.